The van der Waals surface area contributed by atoms with Crippen LogP contribution >= 0.6 is 22.6 Å². The van der Waals surface area contributed by atoms with E-state index in [-0.39, 0.29) is 11.8 Å². The van der Waals surface area contributed by atoms with Gasteiger partial charge >= 0.3 is 0 Å². The zero-order valence-electron chi connectivity index (χ0n) is 14.3. The van der Waals surface area contributed by atoms with Crippen molar-refractivity contribution in [3.05, 3.63) is 63.2 Å². The number of carbonyl (C=O) groups is 2. The molecule has 0 bridgehead atoms. The molecule has 0 aliphatic carbocycles. The molecule has 0 fully saturated rings. The molecule has 1 aliphatic rings. The first-order valence-corrected chi connectivity index (χ1v) is 9.49. The number of carbonyl (C=O) groups excluding carboxylic acids is 2. The lowest BCUT2D eigenvalue weighted by Crippen LogP contribution is -2.45. The van der Waals surface area contributed by atoms with Crippen LogP contribution in [0.3, 0.4) is 0 Å². The van der Waals surface area contributed by atoms with Crippen LogP contribution in [-0.4, -0.2) is 22.8 Å². The summed E-state index contributed by atoms with van der Waals surface area (Å²) in [6.45, 7) is 4.63. The van der Waals surface area contributed by atoms with Gasteiger partial charge in [-0.2, -0.15) is 0 Å². The van der Waals surface area contributed by atoms with Gasteiger partial charge < -0.3 is 10.2 Å². The van der Waals surface area contributed by atoms with Gasteiger partial charge in [-0.15, -0.1) is 0 Å². The van der Waals surface area contributed by atoms with E-state index in [0.717, 1.165) is 14.8 Å². The Morgan fingerprint density at radius 2 is 1.84 bits per heavy atom. The average molecular weight is 448 g/mol. The molecule has 0 unspecified atom stereocenters. The molecule has 4 nitrogen and oxygen atoms in total. The number of benzene rings is 2. The molecular weight excluding hydrogens is 427 g/mol. The van der Waals surface area contributed by atoms with Gasteiger partial charge in [0.25, 0.3) is 5.91 Å². The third kappa shape index (κ3) is 4.03. The summed E-state index contributed by atoms with van der Waals surface area (Å²) < 4.78 is 1.11. The molecule has 0 aromatic heterocycles. The Labute approximate surface area is 161 Å². The molecule has 1 N–H and O–H groups in total. The average Bonchev–Trinajstić information content (AvgIpc) is 2.91. The molecule has 1 atom stereocenters. The molecule has 5 heteroatoms. The second-order valence-corrected chi connectivity index (χ2v) is 7.98. The molecule has 0 radical (unpaired) electrons. The summed E-state index contributed by atoms with van der Waals surface area (Å²) in [5.41, 5.74) is 2.45. The van der Waals surface area contributed by atoms with E-state index in [9.17, 15) is 9.59 Å². The van der Waals surface area contributed by atoms with Crippen molar-refractivity contribution in [1.82, 2.24) is 4.90 Å². The first kappa shape index (κ1) is 17.9. The van der Waals surface area contributed by atoms with Crippen LogP contribution in [0.5, 0.6) is 0 Å². The number of anilines is 1. The molecule has 2 aromatic rings. The summed E-state index contributed by atoms with van der Waals surface area (Å²) in [5, 5.41) is 2.96. The summed E-state index contributed by atoms with van der Waals surface area (Å²) >= 11 is 2.23. The third-order valence-corrected chi connectivity index (χ3v) is 5.05. The van der Waals surface area contributed by atoms with Crippen molar-refractivity contribution in [3.8, 4) is 0 Å². The van der Waals surface area contributed by atoms with Crippen LogP contribution < -0.4 is 5.32 Å². The molecule has 0 saturated heterocycles. The fourth-order valence-electron chi connectivity index (χ4n) is 3.11. The summed E-state index contributed by atoms with van der Waals surface area (Å²) in [4.78, 5) is 27.4. The maximum Gasteiger partial charge on any atom is 0.255 e. The van der Waals surface area contributed by atoms with Gasteiger partial charge in [0, 0.05) is 21.4 Å². The van der Waals surface area contributed by atoms with Crippen molar-refractivity contribution in [2.45, 2.75) is 32.9 Å². The van der Waals surface area contributed by atoms with E-state index in [1.54, 1.807) is 4.90 Å². The fourth-order valence-corrected chi connectivity index (χ4v) is 3.47. The van der Waals surface area contributed by atoms with Gasteiger partial charge in [-0.25, -0.2) is 0 Å². The second kappa shape index (κ2) is 7.56. The van der Waals surface area contributed by atoms with E-state index in [1.165, 1.54) is 0 Å². The quantitative estimate of drug-likeness (QED) is 0.694. The van der Waals surface area contributed by atoms with Crippen LogP contribution in [0.2, 0.25) is 0 Å². The predicted octanol–water partition coefficient (Wildman–Crippen LogP) is 4.30. The minimum absolute atomic E-state index is 0.0565. The minimum atomic E-state index is -0.473. The molecule has 0 spiro atoms. The normalized spacial score (nSPS) is 14.6. The van der Waals surface area contributed by atoms with Crippen LogP contribution in [0.25, 0.3) is 0 Å². The van der Waals surface area contributed by atoms with Crippen LogP contribution in [0.1, 0.15) is 36.2 Å². The van der Waals surface area contributed by atoms with Crippen molar-refractivity contribution in [3.63, 3.8) is 0 Å². The lowest BCUT2D eigenvalue weighted by atomic mass is 10.0. The molecule has 2 amide bonds. The van der Waals surface area contributed by atoms with E-state index < -0.39 is 6.04 Å². The first-order chi connectivity index (χ1) is 12.0. The Morgan fingerprint density at radius 1 is 1.16 bits per heavy atom. The summed E-state index contributed by atoms with van der Waals surface area (Å²) in [6, 6.07) is 14.8. The molecule has 1 aliphatic heterocycles. The monoisotopic (exact) mass is 448 g/mol. The van der Waals surface area contributed by atoms with Crippen molar-refractivity contribution >= 4 is 40.1 Å². The second-order valence-electron chi connectivity index (χ2n) is 6.73. The maximum absolute atomic E-state index is 12.9. The molecule has 0 saturated carbocycles. The number of hydrogen-bond acceptors (Lipinski definition) is 2. The highest BCUT2D eigenvalue weighted by Gasteiger charge is 2.36. The van der Waals surface area contributed by atoms with Crippen molar-refractivity contribution in [2.24, 2.45) is 5.92 Å². The highest BCUT2D eigenvalue weighted by molar-refractivity contribution is 14.1. The fraction of sp³-hybridized carbons (Fsp3) is 0.300. The summed E-state index contributed by atoms with van der Waals surface area (Å²) in [7, 11) is 0. The van der Waals surface area contributed by atoms with Gasteiger partial charge in [0.05, 0.1) is 0 Å². The SMILES string of the molecule is CC(C)C[C@@H](C(=O)Nc1ccc(I)cc1)N1Cc2ccccc2C1=O. The van der Waals surface area contributed by atoms with E-state index in [2.05, 4.69) is 41.8 Å². The van der Waals surface area contributed by atoms with Gasteiger partial charge in [0.15, 0.2) is 0 Å². The predicted molar refractivity (Wildman–Crippen MR) is 107 cm³/mol. The van der Waals surface area contributed by atoms with Crippen LogP contribution in [0.15, 0.2) is 48.5 Å². The Balaban J connectivity index is 1.81. The third-order valence-electron chi connectivity index (χ3n) is 4.33. The summed E-state index contributed by atoms with van der Waals surface area (Å²) in [6.07, 6.45) is 0.635. The summed E-state index contributed by atoms with van der Waals surface area (Å²) in [5.74, 6) is 0.124. The van der Waals surface area contributed by atoms with Gasteiger partial charge in [0.2, 0.25) is 5.91 Å². The van der Waals surface area contributed by atoms with Crippen LogP contribution in [0.4, 0.5) is 5.69 Å². The molecule has 25 heavy (non-hydrogen) atoms. The molecular formula is C20H21IN2O2. The Bertz CT molecular complexity index is 787. The number of fused-ring (bicyclic) bond motifs is 1. The highest BCUT2D eigenvalue weighted by atomic mass is 127. The molecule has 130 valence electrons. The molecule has 2 aromatic carbocycles. The zero-order chi connectivity index (χ0) is 18.0. The van der Waals surface area contributed by atoms with Crippen molar-refractivity contribution in [1.29, 1.82) is 0 Å². The smallest absolute Gasteiger partial charge is 0.255 e. The van der Waals surface area contributed by atoms with Crippen molar-refractivity contribution in [2.75, 3.05) is 5.32 Å². The van der Waals surface area contributed by atoms with Gasteiger partial charge in [-0.05, 0) is 70.8 Å². The van der Waals surface area contributed by atoms with E-state index in [0.29, 0.717) is 24.4 Å². The van der Waals surface area contributed by atoms with Crippen molar-refractivity contribution < 1.29 is 9.59 Å². The Morgan fingerprint density at radius 3 is 2.48 bits per heavy atom. The maximum atomic E-state index is 12.9. The van der Waals surface area contributed by atoms with Crippen LogP contribution in [0, 0.1) is 9.49 Å². The van der Waals surface area contributed by atoms with E-state index >= 15 is 0 Å². The zero-order valence-corrected chi connectivity index (χ0v) is 16.5. The molecule has 3 rings (SSSR count). The van der Waals surface area contributed by atoms with E-state index in [1.807, 2.05) is 48.5 Å². The lowest BCUT2D eigenvalue weighted by molar-refractivity contribution is -0.121. The topological polar surface area (TPSA) is 49.4 Å². The van der Waals surface area contributed by atoms with Gasteiger partial charge in [0.1, 0.15) is 6.04 Å². The Hall–Kier alpha value is -1.89. The minimum Gasteiger partial charge on any atom is -0.324 e. The number of hydrogen-bond donors (Lipinski definition) is 1. The number of nitrogens with one attached hydrogen (secondary N) is 1. The Kier molecular flexibility index (Phi) is 5.42. The number of halogens is 1. The van der Waals surface area contributed by atoms with Gasteiger partial charge in [-0.1, -0.05) is 32.0 Å². The highest BCUT2D eigenvalue weighted by Crippen LogP contribution is 2.27. The number of amides is 2. The molecule has 1 heterocycles. The standard InChI is InChI=1S/C20H21IN2O2/c1-13(2)11-18(19(24)22-16-9-7-15(21)8-10-16)23-12-14-5-3-4-6-17(14)20(23)25/h3-10,13,18H,11-12H2,1-2H3,(H,22,24)/t18-/m0/s1. The van der Waals surface area contributed by atoms with Crippen LogP contribution in [-0.2, 0) is 11.3 Å². The van der Waals surface area contributed by atoms with Gasteiger partial charge in [-0.3, -0.25) is 9.59 Å². The number of rotatable bonds is 5. The number of nitrogens with zero attached hydrogens (tertiary/aromatic N) is 1. The van der Waals surface area contributed by atoms with E-state index in [4.69, 9.17) is 0 Å². The lowest BCUT2D eigenvalue weighted by Gasteiger charge is -2.28. The first-order valence-electron chi connectivity index (χ1n) is 8.41. The largest absolute Gasteiger partial charge is 0.324 e.